The fourth-order valence-corrected chi connectivity index (χ4v) is 8.58. The summed E-state index contributed by atoms with van der Waals surface area (Å²) in [6.07, 6.45) is 9.99. The Morgan fingerprint density at radius 2 is 1.65 bits per heavy atom. The summed E-state index contributed by atoms with van der Waals surface area (Å²) in [5, 5.41) is 14.5. The van der Waals surface area contributed by atoms with Crippen molar-refractivity contribution in [1.82, 2.24) is 19.3 Å². The van der Waals surface area contributed by atoms with Crippen LogP contribution in [0.5, 0.6) is 0 Å². The molecular weight excluding hydrogens is 879 g/mol. The Labute approximate surface area is 445 Å². The van der Waals surface area contributed by atoms with Crippen LogP contribution in [0.15, 0.2) is 106 Å². The maximum absolute atomic E-state index is 14.6. The second kappa shape index (κ2) is 25.8. The molecule has 2 atom stereocenters. The summed E-state index contributed by atoms with van der Waals surface area (Å²) >= 11 is 0. The van der Waals surface area contributed by atoms with E-state index < -0.39 is 17.6 Å². The third-order valence-corrected chi connectivity index (χ3v) is 12.0. The number of fused-ring (bicyclic) bond motifs is 2. The van der Waals surface area contributed by atoms with Crippen molar-refractivity contribution < 1.29 is 65.0 Å². The number of allylic oxidation sites excluding steroid dienone is 4. The van der Waals surface area contributed by atoms with Crippen molar-refractivity contribution >= 4 is 52.4 Å². The van der Waals surface area contributed by atoms with Gasteiger partial charge in [-0.15, -0.1) is 0 Å². The van der Waals surface area contributed by atoms with Crippen LogP contribution >= 0.6 is 0 Å². The first-order valence-corrected chi connectivity index (χ1v) is 23.7. The van der Waals surface area contributed by atoms with Gasteiger partial charge in [-0.05, 0) is 130 Å². The fraction of sp³-hybridized carbons (Fsp3) is 0.382. The van der Waals surface area contributed by atoms with Gasteiger partial charge in [-0.2, -0.15) is 5.10 Å². The number of rotatable bonds is 16. The molecule has 6 aromatic rings. The van der Waals surface area contributed by atoms with Gasteiger partial charge in [0.1, 0.15) is 17.5 Å². The van der Waals surface area contributed by atoms with E-state index in [0.29, 0.717) is 58.8 Å². The van der Waals surface area contributed by atoms with Crippen molar-refractivity contribution in [3.63, 3.8) is 0 Å². The molecule has 0 saturated heterocycles. The van der Waals surface area contributed by atoms with Crippen molar-refractivity contribution in [1.29, 1.82) is 5.41 Å². The minimum atomic E-state index is -0.673. The minimum Gasteiger partial charge on any atom is -0.553 e. The predicted molar refractivity (Wildman–Crippen MR) is 274 cm³/mol. The molecule has 1 saturated carbocycles. The SMILES string of the molecule is CC.CC(=O)Cn1nc(C2CC2)c2ccccc21.[B-]C(=N)c1c(CCC)ccc(-n2c(C(Cc3cc(F)cc(F)c3)C(C)CC)nc3cc(C(C)=N/C(C)=C\C(C)=C\CC)ccc3c2=O)c1N.[K+]. The summed E-state index contributed by atoms with van der Waals surface area (Å²) in [4.78, 5) is 35.8. The van der Waals surface area contributed by atoms with E-state index in [1.807, 2.05) is 103 Å². The predicted octanol–water partition coefficient (Wildman–Crippen LogP) is 9.67. The number of carbonyl (C=O) groups excluding carboxylic acids is 1. The van der Waals surface area contributed by atoms with Gasteiger partial charge < -0.3 is 19.0 Å². The molecule has 351 valence electrons. The normalized spacial score (nSPS) is 13.8. The van der Waals surface area contributed by atoms with E-state index in [1.54, 1.807) is 19.1 Å². The number of Topliss-reactive ketones (excluding diaryl/α,β-unsaturated/α-hetero) is 1. The average Bonchev–Trinajstić information content (AvgIpc) is 4.07. The summed E-state index contributed by atoms with van der Waals surface area (Å²) in [7, 11) is 6.05. The van der Waals surface area contributed by atoms with Crippen LogP contribution in [-0.2, 0) is 24.2 Å². The van der Waals surface area contributed by atoms with Gasteiger partial charge in [0.15, 0.2) is 5.78 Å². The van der Waals surface area contributed by atoms with Gasteiger partial charge in [0.2, 0.25) is 0 Å². The number of nitrogens with zero attached hydrogens (tertiary/aromatic N) is 5. The van der Waals surface area contributed by atoms with Crippen molar-refractivity contribution in [2.45, 2.75) is 133 Å². The van der Waals surface area contributed by atoms with E-state index in [0.717, 1.165) is 52.5 Å². The molecule has 0 aliphatic heterocycles. The molecule has 0 amide bonds. The minimum absolute atomic E-state index is 0. The molecular formula is C55H66BF2KN7O2. The van der Waals surface area contributed by atoms with Crippen molar-refractivity contribution in [2.75, 3.05) is 5.73 Å². The molecule has 2 heterocycles. The quantitative estimate of drug-likeness (QED) is 0.0432. The Hall–Kier alpha value is -4.66. The smallest absolute Gasteiger partial charge is 0.553 e. The number of halogens is 2. The second-order valence-corrected chi connectivity index (χ2v) is 17.4. The molecule has 7 rings (SSSR count). The molecule has 2 aromatic heterocycles. The van der Waals surface area contributed by atoms with Crippen LogP contribution < -0.4 is 62.7 Å². The Balaban J connectivity index is 0.000000440. The Kier molecular flexibility index (Phi) is 21.2. The number of aryl methyl sites for hydroxylation is 1. The Morgan fingerprint density at radius 1 is 0.971 bits per heavy atom. The molecule has 68 heavy (non-hydrogen) atoms. The van der Waals surface area contributed by atoms with Gasteiger partial charge in [-0.3, -0.25) is 23.8 Å². The first-order valence-electron chi connectivity index (χ1n) is 23.7. The zero-order chi connectivity index (χ0) is 49.1. The standard InChI is InChI=1S/C40H46BF2N5O.C13H14N2O.C2H6.K/c1-8-11-23(4)17-25(6)46-26(7)29-13-15-32-34(21-29)47-39(33(24(5)10-3)20-27-18-30(42)22-31(43)19-27)48(40(32)49)35-16-14-28(12-9-2)36(37(35)44)38(41)45;1-9(16)8-15-12-5-3-2-4-11(12)13(14-15)10-6-7-10;1-2;/h11,13-19,21-22,24,33,45H,8-10,12,20,44H2,1-7H3;2-5,10H,6-8H2,1H3;1-2H3;/q-1;;;+1/b23-11+,25-17-,45-38?,46-26?;;;. The first-order chi connectivity index (χ1) is 32.0. The van der Waals surface area contributed by atoms with E-state index in [-0.39, 0.29) is 86.4 Å². The van der Waals surface area contributed by atoms with Crippen LogP contribution in [0.2, 0.25) is 0 Å². The fourth-order valence-electron chi connectivity index (χ4n) is 8.58. The van der Waals surface area contributed by atoms with Crippen LogP contribution in [0.25, 0.3) is 27.5 Å². The topological polar surface area (TPSA) is 132 Å². The summed E-state index contributed by atoms with van der Waals surface area (Å²) in [5.74, 6) is -0.650. The molecule has 1 aliphatic rings. The number of aliphatic imine (C=N–C) groups is 1. The van der Waals surface area contributed by atoms with E-state index in [9.17, 15) is 18.4 Å². The third kappa shape index (κ3) is 13.8. The third-order valence-electron chi connectivity index (χ3n) is 12.0. The molecule has 4 aromatic carbocycles. The van der Waals surface area contributed by atoms with Crippen LogP contribution in [-0.4, -0.2) is 44.3 Å². The van der Waals surface area contributed by atoms with Crippen LogP contribution in [0.4, 0.5) is 14.5 Å². The van der Waals surface area contributed by atoms with Crippen molar-refractivity contribution in [3.05, 3.63) is 152 Å². The van der Waals surface area contributed by atoms with E-state index in [1.165, 1.54) is 40.6 Å². The van der Waals surface area contributed by atoms with Gasteiger partial charge in [-0.1, -0.05) is 96.4 Å². The molecule has 1 fully saturated rings. The van der Waals surface area contributed by atoms with Crippen LogP contribution in [0.1, 0.15) is 147 Å². The van der Waals surface area contributed by atoms with E-state index in [2.05, 4.69) is 24.2 Å². The number of para-hydroxylation sites is 1. The Morgan fingerprint density at radius 3 is 2.25 bits per heavy atom. The number of hydrogen-bond donors (Lipinski definition) is 2. The molecule has 1 aliphatic carbocycles. The van der Waals surface area contributed by atoms with Gasteiger partial charge in [0.05, 0.1) is 40.0 Å². The number of carbonyl (C=O) groups is 1. The van der Waals surface area contributed by atoms with Gasteiger partial charge >= 0.3 is 51.4 Å². The second-order valence-electron chi connectivity index (χ2n) is 17.4. The summed E-state index contributed by atoms with van der Waals surface area (Å²) in [6.45, 7) is 20.1. The molecule has 3 N–H and O–H groups in total. The van der Waals surface area contributed by atoms with E-state index in [4.69, 9.17) is 29.0 Å². The number of nitrogens with two attached hydrogens (primary N) is 1. The maximum Gasteiger partial charge on any atom is 1.00 e. The van der Waals surface area contributed by atoms with Gasteiger partial charge in [-0.25, -0.2) is 19.4 Å². The van der Waals surface area contributed by atoms with E-state index >= 15 is 0 Å². The van der Waals surface area contributed by atoms with Crippen molar-refractivity contribution in [3.8, 4) is 5.69 Å². The number of benzene rings is 4. The number of ketones is 1. The molecule has 9 nitrogen and oxygen atoms in total. The molecule has 3 radical (unpaired) electrons. The van der Waals surface area contributed by atoms with Gasteiger partial charge in [0, 0.05) is 34.7 Å². The van der Waals surface area contributed by atoms with Crippen LogP contribution in [0, 0.1) is 23.0 Å². The largest absolute Gasteiger partial charge is 1.00 e. The summed E-state index contributed by atoms with van der Waals surface area (Å²) in [5.41, 5.74) is 14.7. The number of anilines is 1. The summed E-state index contributed by atoms with van der Waals surface area (Å²) < 4.78 is 32.1. The van der Waals surface area contributed by atoms with Gasteiger partial charge in [0.25, 0.3) is 5.56 Å². The Bertz CT molecular complexity index is 2890. The molecule has 0 bridgehead atoms. The zero-order valence-electron chi connectivity index (χ0n) is 41.9. The number of hydrogen-bond acceptors (Lipinski definition) is 7. The molecule has 13 heteroatoms. The molecule has 0 spiro atoms. The summed E-state index contributed by atoms with van der Waals surface area (Å²) in [6, 6.07) is 20.7. The number of nitrogen functional groups attached to an aromatic ring is 1. The zero-order valence-corrected chi connectivity index (χ0v) is 45.1. The number of aromatic nitrogens is 4. The molecule has 2 unspecified atom stereocenters. The first kappa shape index (κ1) is 55.9. The average molecular weight is 945 g/mol. The maximum atomic E-state index is 14.6. The number of nitrogens with one attached hydrogen (secondary N) is 1. The van der Waals surface area contributed by atoms with Crippen molar-refractivity contribution in [2.24, 2.45) is 10.9 Å². The monoisotopic (exact) mass is 944 g/mol. The van der Waals surface area contributed by atoms with Crippen LogP contribution in [0.3, 0.4) is 0 Å².